The quantitative estimate of drug-likeness (QED) is 0.505. The molecule has 1 aromatic heterocycles. The highest BCUT2D eigenvalue weighted by Gasteiger charge is 2.34. The van der Waals surface area contributed by atoms with Gasteiger partial charge >= 0.3 is 5.97 Å². The fourth-order valence-electron chi connectivity index (χ4n) is 3.64. The molecule has 1 aliphatic heterocycles. The van der Waals surface area contributed by atoms with Gasteiger partial charge in [0.2, 0.25) is 5.91 Å². The molecule has 1 aliphatic rings. The number of halogens is 1. The number of hydrogen-bond acceptors (Lipinski definition) is 5. The number of carbonyl (C=O) groups is 2. The van der Waals surface area contributed by atoms with Crippen LogP contribution in [0.15, 0.2) is 46.9 Å². The Morgan fingerprint density at radius 2 is 1.90 bits per heavy atom. The van der Waals surface area contributed by atoms with Crippen molar-refractivity contribution in [2.45, 2.75) is 12.3 Å². The van der Waals surface area contributed by atoms with E-state index in [9.17, 15) is 14.7 Å². The van der Waals surface area contributed by atoms with Gasteiger partial charge in [-0.05, 0) is 51.3 Å². The van der Waals surface area contributed by atoms with E-state index in [1.807, 2.05) is 18.2 Å². The summed E-state index contributed by atoms with van der Waals surface area (Å²) in [6.07, 6.45) is 0.243. The molecule has 6 nitrogen and oxygen atoms in total. The highest BCUT2D eigenvalue weighted by atomic mass is 79.9. The summed E-state index contributed by atoms with van der Waals surface area (Å²) in [5.41, 5.74) is 2.72. The number of benzene rings is 2. The molecule has 1 amide bonds. The lowest BCUT2D eigenvalue weighted by atomic mass is 9.88. The van der Waals surface area contributed by atoms with Crippen LogP contribution < -0.4 is 14.8 Å². The lowest BCUT2D eigenvalue weighted by molar-refractivity contribution is -0.116. The van der Waals surface area contributed by atoms with Gasteiger partial charge in [-0.3, -0.25) is 4.79 Å². The van der Waals surface area contributed by atoms with Crippen LogP contribution in [0.3, 0.4) is 0 Å². The van der Waals surface area contributed by atoms with E-state index in [-0.39, 0.29) is 23.1 Å². The zero-order chi connectivity index (χ0) is 21.4. The summed E-state index contributed by atoms with van der Waals surface area (Å²) in [5, 5.41) is 12.8. The molecule has 8 heteroatoms. The molecule has 30 heavy (non-hydrogen) atoms. The van der Waals surface area contributed by atoms with E-state index in [4.69, 9.17) is 9.47 Å². The number of carboxylic acids is 1. The summed E-state index contributed by atoms with van der Waals surface area (Å²) in [6, 6.07) is 12.8. The van der Waals surface area contributed by atoms with Crippen LogP contribution in [-0.2, 0) is 4.79 Å². The van der Waals surface area contributed by atoms with E-state index < -0.39 is 5.97 Å². The Kier molecular flexibility index (Phi) is 5.53. The average Bonchev–Trinajstić information content (AvgIpc) is 3.12. The number of methoxy groups -OCH3 is 2. The smallest absolute Gasteiger partial charge is 0.346 e. The molecule has 2 aromatic carbocycles. The van der Waals surface area contributed by atoms with Gasteiger partial charge in [-0.1, -0.05) is 18.2 Å². The number of rotatable bonds is 5. The number of amides is 1. The van der Waals surface area contributed by atoms with E-state index in [2.05, 4.69) is 21.2 Å². The van der Waals surface area contributed by atoms with Gasteiger partial charge < -0.3 is 19.9 Å². The molecular weight excluding hydrogens is 470 g/mol. The van der Waals surface area contributed by atoms with Crippen molar-refractivity contribution in [3.8, 4) is 22.6 Å². The fraction of sp³-hybridized carbons (Fsp3) is 0.182. The van der Waals surface area contributed by atoms with Gasteiger partial charge in [-0.2, -0.15) is 0 Å². The van der Waals surface area contributed by atoms with Gasteiger partial charge in [0.15, 0.2) is 0 Å². The second-order valence-corrected chi connectivity index (χ2v) is 8.68. The van der Waals surface area contributed by atoms with Crippen LogP contribution in [-0.4, -0.2) is 31.2 Å². The maximum atomic E-state index is 12.6. The van der Waals surface area contributed by atoms with Gasteiger partial charge in [0.25, 0.3) is 0 Å². The van der Waals surface area contributed by atoms with Crippen LogP contribution in [0.1, 0.15) is 32.5 Å². The van der Waals surface area contributed by atoms with Crippen LogP contribution in [0.4, 0.5) is 5.69 Å². The highest BCUT2D eigenvalue weighted by molar-refractivity contribution is 9.10. The molecule has 0 spiro atoms. The van der Waals surface area contributed by atoms with E-state index in [0.29, 0.717) is 28.3 Å². The van der Waals surface area contributed by atoms with Crippen LogP contribution in [0.25, 0.3) is 11.1 Å². The Hall–Kier alpha value is -2.84. The van der Waals surface area contributed by atoms with Crippen molar-refractivity contribution in [1.82, 2.24) is 0 Å². The Morgan fingerprint density at radius 1 is 1.17 bits per heavy atom. The van der Waals surface area contributed by atoms with Crippen molar-refractivity contribution in [3.63, 3.8) is 0 Å². The predicted molar refractivity (Wildman–Crippen MR) is 119 cm³/mol. The first kappa shape index (κ1) is 20.4. The molecule has 0 radical (unpaired) electrons. The first-order valence-electron chi connectivity index (χ1n) is 9.10. The van der Waals surface area contributed by atoms with Crippen LogP contribution >= 0.6 is 27.3 Å². The zero-order valence-electron chi connectivity index (χ0n) is 16.2. The summed E-state index contributed by atoms with van der Waals surface area (Å²) < 4.78 is 11.3. The molecule has 1 unspecified atom stereocenters. The molecule has 2 heterocycles. The lowest BCUT2D eigenvalue weighted by Crippen LogP contribution is -2.22. The average molecular weight is 488 g/mol. The summed E-state index contributed by atoms with van der Waals surface area (Å²) in [4.78, 5) is 25.6. The number of fused-ring (bicyclic) bond motifs is 1. The molecule has 3 aromatic rings. The minimum absolute atomic E-state index is 0.149. The zero-order valence-corrected chi connectivity index (χ0v) is 18.6. The lowest BCUT2D eigenvalue weighted by Gasteiger charge is -2.24. The van der Waals surface area contributed by atoms with Crippen molar-refractivity contribution < 1.29 is 24.2 Å². The number of carboxylic acid groups (broad SMARTS) is 1. The van der Waals surface area contributed by atoms with Gasteiger partial charge in [0.1, 0.15) is 16.4 Å². The van der Waals surface area contributed by atoms with E-state index in [1.165, 1.54) is 11.3 Å². The Bertz CT molecular complexity index is 1140. The standard InChI is InChI=1S/C22H18BrNO5S/c1-28-13-6-3-11(4-7-13)18-19-20(30-21(18)22(26)27)14(10-17(25)24-19)12-5-8-16(29-2)15(23)9-12/h3-9,14H,10H2,1-2H3,(H,24,25)(H,26,27). The predicted octanol–water partition coefficient (Wildman–Crippen LogP) is 5.37. The van der Waals surface area contributed by atoms with Gasteiger partial charge in [-0.15, -0.1) is 11.3 Å². The number of hydrogen-bond donors (Lipinski definition) is 2. The number of thiophene rings is 1. The van der Waals surface area contributed by atoms with E-state index in [0.717, 1.165) is 14.9 Å². The topological polar surface area (TPSA) is 84.9 Å². The minimum Gasteiger partial charge on any atom is -0.497 e. The number of carbonyl (C=O) groups excluding carboxylic acids is 1. The van der Waals surface area contributed by atoms with Crippen molar-refractivity contribution >= 4 is 44.8 Å². The van der Waals surface area contributed by atoms with Crippen LogP contribution in [0.2, 0.25) is 0 Å². The monoisotopic (exact) mass is 487 g/mol. The van der Waals surface area contributed by atoms with Crippen LogP contribution in [0.5, 0.6) is 11.5 Å². The third kappa shape index (κ3) is 3.57. The third-order valence-corrected chi connectivity index (χ3v) is 6.97. The third-order valence-electron chi connectivity index (χ3n) is 5.06. The van der Waals surface area contributed by atoms with E-state index in [1.54, 1.807) is 38.5 Å². The largest absolute Gasteiger partial charge is 0.497 e. The maximum absolute atomic E-state index is 12.6. The first-order chi connectivity index (χ1) is 14.4. The Labute approximate surface area is 185 Å². The molecule has 0 bridgehead atoms. The molecule has 1 atom stereocenters. The number of nitrogens with one attached hydrogen (secondary N) is 1. The summed E-state index contributed by atoms with van der Waals surface area (Å²) in [7, 11) is 3.16. The van der Waals surface area contributed by atoms with Crippen molar-refractivity contribution in [1.29, 1.82) is 0 Å². The molecule has 4 rings (SSSR count). The Balaban J connectivity index is 1.88. The molecule has 0 fully saturated rings. The molecule has 154 valence electrons. The van der Waals surface area contributed by atoms with Gasteiger partial charge in [0.05, 0.1) is 24.4 Å². The summed E-state index contributed by atoms with van der Waals surface area (Å²) in [6.45, 7) is 0. The molecule has 0 saturated heterocycles. The second-order valence-electron chi connectivity index (χ2n) is 6.78. The minimum atomic E-state index is -1.02. The Morgan fingerprint density at radius 3 is 2.50 bits per heavy atom. The van der Waals surface area contributed by atoms with E-state index >= 15 is 0 Å². The van der Waals surface area contributed by atoms with Gasteiger partial charge in [-0.25, -0.2) is 4.79 Å². The molecule has 0 aliphatic carbocycles. The number of aromatic carboxylic acids is 1. The second kappa shape index (κ2) is 8.12. The first-order valence-corrected chi connectivity index (χ1v) is 10.7. The molecule has 0 saturated carbocycles. The van der Waals surface area contributed by atoms with Crippen molar-refractivity contribution in [2.24, 2.45) is 0 Å². The van der Waals surface area contributed by atoms with Crippen LogP contribution in [0, 0.1) is 0 Å². The fourth-order valence-corrected chi connectivity index (χ4v) is 5.44. The molecule has 2 N–H and O–H groups in total. The normalized spacial score (nSPS) is 15.3. The highest BCUT2D eigenvalue weighted by Crippen LogP contribution is 2.50. The van der Waals surface area contributed by atoms with Gasteiger partial charge in [0, 0.05) is 22.8 Å². The van der Waals surface area contributed by atoms with Crippen molar-refractivity contribution in [2.75, 3.05) is 19.5 Å². The number of ether oxygens (including phenoxy) is 2. The number of anilines is 1. The SMILES string of the molecule is COc1ccc(-c2c(C(=O)O)sc3c2NC(=O)CC3c2ccc(OC)c(Br)c2)cc1. The summed E-state index contributed by atoms with van der Waals surface area (Å²) in [5.74, 6) is -0.0561. The van der Waals surface area contributed by atoms with Crippen molar-refractivity contribution in [3.05, 3.63) is 62.3 Å². The summed E-state index contributed by atoms with van der Waals surface area (Å²) >= 11 is 4.70. The molecular formula is C22H18BrNO5S. The maximum Gasteiger partial charge on any atom is 0.346 e.